The molecule has 1 rings (SSSR count). The zero-order valence-electron chi connectivity index (χ0n) is 11.4. The average Bonchev–Trinajstić information content (AvgIpc) is 2.43. The van der Waals surface area contributed by atoms with Crippen LogP contribution in [0, 0.1) is 0 Å². The first-order valence-electron chi connectivity index (χ1n) is 6.13. The SMILES string of the molecule is CC(=O)NCCNC(=O)C(=O)Nc1ccc(C(N)=O)cc1. The number of hydrogen-bond acceptors (Lipinski definition) is 4. The van der Waals surface area contributed by atoms with Crippen LogP contribution in [0.15, 0.2) is 24.3 Å². The highest BCUT2D eigenvalue weighted by Crippen LogP contribution is 2.08. The number of nitrogens with one attached hydrogen (secondary N) is 3. The molecule has 112 valence electrons. The van der Waals surface area contributed by atoms with Crippen molar-refractivity contribution in [3.63, 3.8) is 0 Å². The van der Waals surface area contributed by atoms with Crippen LogP contribution in [0.4, 0.5) is 5.69 Å². The Bertz CT molecular complexity index is 554. The zero-order valence-corrected chi connectivity index (χ0v) is 11.4. The van der Waals surface area contributed by atoms with E-state index >= 15 is 0 Å². The van der Waals surface area contributed by atoms with E-state index in [4.69, 9.17) is 5.73 Å². The molecule has 0 saturated carbocycles. The lowest BCUT2D eigenvalue weighted by Crippen LogP contribution is -2.39. The molecule has 0 saturated heterocycles. The lowest BCUT2D eigenvalue weighted by molar-refractivity contribution is -0.136. The van der Waals surface area contributed by atoms with Crippen LogP contribution in [0.2, 0.25) is 0 Å². The van der Waals surface area contributed by atoms with Crippen molar-refractivity contribution in [2.75, 3.05) is 18.4 Å². The molecule has 0 unspecified atom stereocenters. The van der Waals surface area contributed by atoms with Gasteiger partial charge in [0.25, 0.3) is 0 Å². The maximum atomic E-state index is 11.6. The van der Waals surface area contributed by atoms with Crippen molar-refractivity contribution in [2.45, 2.75) is 6.92 Å². The molecule has 0 radical (unpaired) electrons. The Labute approximate surface area is 121 Å². The normalized spacial score (nSPS) is 9.57. The van der Waals surface area contributed by atoms with E-state index in [1.807, 2.05) is 0 Å². The highest BCUT2D eigenvalue weighted by Gasteiger charge is 2.13. The number of carbonyl (C=O) groups is 4. The van der Waals surface area contributed by atoms with Gasteiger partial charge in [-0.3, -0.25) is 19.2 Å². The topological polar surface area (TPSA) is 130 Å². The number of benzene rings is 1. The molecule has 8 heteroatoms. The van der Waals surface area contributed by atoms with Crippen LogP contribution in [-0.4, -0.2) is 36.7 Å². The predicted octanol–water partition coefficient (Wildman–Crippen LogP) is -1.02. The third kappa shape index (κ3) is 5.72. The molecule has 1 aromatic carbocycles. The van der Waals surface area contributed by atoms with Crippen molar-refractivity contribution in [3.8, 4) is 0 Å². The molecular weight excluding hydrogens is 276 g/mol. The molecule has 8 nitrogen and oxygen atoms in total. The minimum Gasteiger partial charge on any atom is -0.366 e. The fourth-order valence-electron chi connectivity index (χ4n) is 1.40. The van der Waals surface area contributed by atoms with Crippen molar-refractivity contribution in [1.82, 2.24) is 10.6 Å². The smallest absolute Gasteiger partial charge is 0.313 e. The van der Waals surface area contributed by atoms with E-state index in [0.29, 0.717) is 11.3 Å². The van der Waals surface area contributed by atoms with Crippen molar-refractivity contribution < 1.29 is 19.2 Å². The molecule has 0 spiro atoms. The summed E-state index contributed by atoms with van der Waals surface area (Å²) in [4.78, 5) is 44.5. The van der Waals surface area contributed by atoms with Crippen molar-refractivity contribution >= 4 is 29.3 Å². The quantitative estimate of drug-likeness (QED) is 0.408. The summed E-state index contributed by atoms with van der Waals surface area (Å²) < 4.78 is 0. The Morgan fingerprint density at radius 3 is 2.05 bits per heavy atom. The van der Waals surface area contributed by atoms with Gasteiger partial charge in [0.15, 0.2) is 0 Å². The average molecular weight is 292 g/mol. The van der Waals surface area contributed by atoms with Crippen LogP contribution in [-0.2, 0) is 14.4 Å². The van der Waals surface area contributed by atoms with E-state index in [0.717, 1.165) is 0 Å². The summed E-state index contributed by atoms with van der Waals surface area (Å²) in [7, 11) is 0. The second kappa shape index (κ2) is 7.63. The summed E-state index contributed by atoms with van der Waals surface area (Å²) in [5.74, 6) is -2.46. The van der Waals surface area contributed by atoms with Crippen LogP contribution in [0.25, 0.3) is 0 Å². The molecule has 0 bridgehead atoms. The molecule has 1 aromatic rings. The fraction of sp³-hybridized carbons (Fsp3) is 0.231. The summed E-state index contributed by atoms with van der Waals surface area (Å²) >= 11 is 0. The monoisotopic (exact) mass is 292 g/mol. The van der Waals surface area contributed by atoms with E-state index in [1.165, 1.54) is 31.2 Å². The highest BCUT2D eigenvalue weighted by molar-refractivity contribution is 6.39. The van der Waals surface area contributed by atoms with Gasteiger partial charge in [0.05, 0.1) is 0 Å². The molecule has 0 fully saturated rings. The standard InChI is InChI=1S/C13H16N4O4/c1-8(18)15-6-7-16-12(20)13(21)17-10-4-2-9(3-5-10)11(14)19/h2-5H,6-7H2,1H3,(H2,14,19)(H,15,18)(H,16,20)(H,17,21). The van der Waals surface area contributed by atoms with E-state index < -0.39 is 17.7 Å². The molecule has 5 N–H and O–H groups in total. The largest absolute Gasteiger partial charge is 0.366 e. The molecule has 0 heterocycles. The number of nitrogens with two attached hydrogens (primary N) is 1. The Morgan fingerprint density at radius 1 is 0.952 bits per heavy atom. The van der Waals surface area contributed by atoms with Gasteiger partial charge in [-0.25, -0.2) is 0 Å². The molecular formula is C13H16N4O4. The maximum Gasteiger partial charge on any atom is 0.313 e. The number of primary amides is 1. The van der Waals surface area contributed by atoms with Gasteiger partial charge < -0.3 is 21.7 Å². The minimum atomic E-state index is -0.843. The molecule has 4 amide bonds. The fourth-order valence-corrected chi connectivity index (χ4v) is 1.40. The van der Waals surface area contributed by atoms with Gasteiger partial charge in [-0.15, -0.1) is 0 Å². The summed E-state index contributed by atoms with van der Waals surface area (Å²) in [6.07, 6.45) is 0. The number of rotatable bonds is 5. The van der Waals surface area contributed by atoms with Gasteiger partial charge in [-0.1, -0.05) is 0 Å². The second-order valence-electron chi connectivity index (χ2n) is 4.13. The molecule has 0 aliphatic carbocycles. The van der Waals surface area contributed by atoms with Gasteiger partial charge in [-0.05, 0) is 24.3 Å². The molecule has 0 aromatic heterocycles. The van der Waals surface area contributed by atoms with Crippen molar-refractivity contribution in [2.24, 2.45) is 5.73 Å². The van der Waals surface area contributed by atoms with Gasteiger partial charge in [0.2, 0.25) is 11.8 Å². The van der Waals surface area contributed by atoms with Crippen LogP contribution < -0.4 is 21.7 Å². The molecule has 0 aliphatic heterocycles. The van der Waals surface area contributed by atoms with Crippen LogP contribution in [0.5, 0.6) is 0 Å². The Balaban J connectivity index is 2.43. The third-order valence-electron chi connectivity index (χ3n) is 2.42. The number of amides is 4. The lowest BCUT2D eigenvalue weighted by atomic mass is 10.2. The summed E-state index contributed by atoms with van der Waals surface area (Å²) in [6, 6.07) is 5.80. The van der Waals surface area contributed by atoms with Crippen LogP contribution in [0.3, 0.4) is 0 Å². The first kappa shape index (κ1) is 16.2. The summed E-state index contributed by atoms with van der Waals surface area (Å²) in [5.41, 5.74) is 5.74. The first-order chi connectivity index (χ1) is 9.90. The van der Waals surface area contributed by atoms with E-state index in [1.54, 1.807) is 0 Å². The maximum absolute atomic E-state index is 11.6. The van der Waals surface area contributed by atoms with Crippen molar-refractivity contribution in [3.05, 3.63) is 29.8 Å². The van der Waals surface area contributed by atoms with Gasteiger partial charge in [0, 0.05) is 31.3 Å². The summed E-state index contributed by atoms with van der Waals surface area (Å²) in [6.45, 7) is 1.73. The molecule has 0 atom stereocenters. The first-order valence-corrected chi connectivity index (χ1v) is 6.13. The minimum absolute atomic E-state index is 0.145. The highest BCUT2D eigenvalue weighted by atomic mass is 16.2. The Morgan fingerprint density at radius 2 is 1.52 bits per heavy atom. The number of carbonyl (C=O) groups excluding carboxylic acids is 4. The van der Waals surface area contributed by atoms with E-state index in [-0.39, 0.29) is 19.0 Å². The summed E-state index contributed by atoms with van der Waals surface area (Å²) in [5, 5.41) is 7.19. The van der Waals surface area contributed by atoms with Gasteiger partial charge >= 0.3 is 11.8 Å². The molecule has 0 aliphatic rings. The number of hydrogen-bond donors (Lipinski definition) is 4. The van der Waals surface area contributed by atoms with E-state index in [9.17, 15) is 19.2 Å². The number of anilines is 1. The Kier molecular flexibility index (Phi) is 5.87. The second-order valence-corrected chi connectivity index (χ2v) is 4.13. The predicted molar refractivity (Wildman–Crippen MR) is 75.3 cm³/mol. The van der Waals surface area contributed by atoms with Crippen molar-refractivity contribution in [1.29, 1.82) is 0 Å². The van der Waals surface area contributed by atoms with Gasteiger partial charge in [-0.2, -0.15) is 0 Å². The third-order valence-corrected chi connectivity index (χ3v) is 2.42. The van der Waals surface area contributed by atoms with E-state index in [2.05, 4.69) is 16.0 Å². The van der Waals surface area contributed by atoms with Crippen LogP contribution >= 0.6 is 0 Å². The van der Waals surface area contributed by atoms with Crippen LogP contribution in [0.1, 0.15) is 17.3 Å². The molecule has 21 heavy (non-hydrogen) atoms. The lowest BCUT2D eigenvalue weighted by Gasteiger charge is -2.07. The van der Waals surface area contributed by atoms with Gasteiger partial charge in [0.1, 0.15) is 0 Å². The zero-order chi connectivity index (χ0) is 15.8. The Hall–Kier alpha value is -2.90.